The summed E-state index contributed by atoms with van der Waals surface area (Å²) in [6.45, 7) is 8.42. The van der Waals surface area contributed by atoms with Gasteiger partial charge in [0.15, 0.2) is 0 Å². The van der Waals surface area contributed by atoms with E-state index in [0.717, 1.165) is 21.9 Å². The number of aromatic nitrogens is 1. The lowest BCUT2D eigenvalue weighted by Gasteiger charge is -2.16. The van der Waals surface area contributed by atoms with Crippen LogP contribution in [0.2, 0.25) is 0 Å². The SMILES string of the molecule is COc1cc(C=C(C)C)c(C(C)C)cc1C(=O)n1cc2ccccc2c1. The Kier molecular flexibility index (Phi) is 4.99. The van der Waals surface area contributed by atoms with Gasteiger partial charge in [0, 0.05) is 12.4 Å². The summed E-state index contributed by atoms with van der Waals surface area (Å²) < 4.78 is 7.20. The number of methoxy groups -OCH3 is 1. The quantitative estimate of drug-likeness (QED) is 0.589. The minimum absolute atomic E-state index is 0.0799. The van der Waals surface area contributed by atoms with Gasteiger partial charge in [-0.25, -0.2) is 0 Å². The van der Waals surface area contributed by atoms with Gasteiger partial charge in [-0.15, -0.1) is 0 Å². The Morgan fingerprint density at radius 1 is 1.08 bits per heavy atom. The summed E-state index contributed by atoms with van der Waals surface area (Å²) in [6.07, 6.45) is 5.88. The molecule has 0 saturated carbocycles. The average Bonchev–Trinajstić information content (AvgIpc) is 3.04. The van der Waals surface area contributed by atoms with E-state index in [4.69, 9.17) is 4.74 Å². The molecule has 3 nitrogen and oxygen atoms in total. The smallest absolute Gasteiger partial charge is 0.265 e. The van der Waals surface area contributed by atoms with Crippen LogP contribution in [0.25, 0.3) is 16.8 Å². The lowest BCUT2D eigenvalue weighted by Crippen LogP contribution is -2.12. The van der Waals surface area contributed by atoms with Gasteiger partial charge in [-0.05, 0) is 53.8 Å². The van der Waals surface area contributed by atoms with Crippen molar-refractivity contribution in [2.75, 3.05) is 7.11 Å². The molecule has 0 aliphatic rings. The number of carbonyl (C=O) groups is 1. The highest BCUT2D eigenvalue weighted by atomic mass is 16.5. The van der Waals surface area contributed by atoms with Crippen LogP contribution in [0, 0.1) is 0 Å². The Hall–Kier alpha value is -2.81. The molecule has 3 heteroatoms. The number of allylic oxidation sites excluding steroid dienone is 1. The van der Waals surface area contributed by atoms with Crippen molar-refractivity contribution >= 4 is 22.8 Å². The van der Waals surface area contributed by atoms with Crippen LogP contribution in [0.1, 0.15) is 55.1 Å². The van der Waals surface area contributed by atoms with Gasteiger partial charge in [-0.1, -0.05) is 49.8 Å². The molecule has 3 rings (SSSR count). The van der Waals surface area contributed by atoms with E-state index in [-0.39, 0.29) is 5.91 Å². The molecular weight excluding hydrogens is 322 g/mol. The third-order valence-corrected chi connectivity index (χ3v) is 4.49. The molecule has 1 aromatic heterocycles. The van der Waals surface area contributed by atoms with Gasteiger partial charge in [0.25, 0.3) is 5.91 Å². The Bertz CT molecular complexity index is 956. The van der Waals surface area contributed by atoms with Gasteiger partial charge in [0.05, 0.1) is 12.7 Å². The maximum absolute atomic E-state index is 13.2. The third-order valence-electron chi connectivity index (χ3n) is 4.49. The number of hydrogen-bond acceptors (Lipinski definition) is 2. The first kappa shape index (κ1) is 18.0. The van der Waals surface area contributed by atoms with Crippen molar-refractivity contribution in [3.05, 3.63) is 71.1 Å². The minimum atomic E-state index is -0.0799. The van der Waals surface area contributed by atoms with E-state index >= 15 is 0 Å². The molecule has 0 spiro atoms. The van der Waals surface area contributed by atoms with Gasteiger partial charge < -0.3 is 4.74 Å². The van der Waals surface area contributed by atoms with Crippen molar-refractivity contribution in [2.24, 2.45) is 0 Å². The van der Waals surface area contributed by atoms with E-state index in [1.54, 1.807) is 11.7 Å². The van der Waals surface area contributed by atoms with Crippen LogP contribution in [0.3, 0.4) is 0 Å². The summed E-state index contributed by atoms with van der Waals surface area (Å²) in [7, 11) is 1.61. The fraction of sp³-hybridized carbons (Fsp3) is 0.261. The van der Waals surface area contributed by atoms with Crippen LogP contribution in [0.15, 0.2) is 54.4 Å². The van der Waals surface area contributed by atoms with Crippen molar-refractivity contribution in [3.8, 4) is 5.75 Å². The zero-order chi connectivity index (χ0) is 18.8. The fourth-order valence-corrected chi connectivity index (χ4v) is 3.22. The maximum Gasteiger partial charge on any atom is 0.265 e. The van der Waals surface area contributed by atoms with Gasteiger partial charge in [0.2, 0.25) is 0 Å². The summed E-state index contributed by atoms with van der Waals surface area (Å²) >= 11 is 0. The Labute approximate surface area is 154 Å². The minimum Gasteiger partial charge on any atom is -0.496 e. The highest BCUT2D eigenvalue weighted by Gasteiger charge is 2.19. The normalized spacial score (nSPS) is 11.0. The van der Waals surface area contributed by atoms with E-state index in [2.05, 4.69) is 33.8 Å². The number of carbonyl (C=O) groups excluding carboxylic acids is 1. The van der Waals surface area contributed by atoms with Gasteiger partial charge in [-0.3, -0.25) is 9.36 Å². The van der Waals surface area contributed by atoms with Crippen LogP contribution in [0.5, 0.6) is 5.75 Å². The molecule has 26 heavy (non-hydrogen) atoms. The van der Waals surface area contributed by atoms with Crippen molar-refractivity contribution in [1.82, 2.24) is 4.57 Å². The van der Waals surface area contributed by atoms with Crippen molar-refractivity contribution < 1.29 is 9.53 Å². The van der Waals surface area contributed by atoms with Crippen molar-refractivity contribution in [3.63, 3.8) is 0 Å². The van der Waals surface area contributed by atoms with Crippen LogP contribution >= 0.6 is 0 Å². The number of fused-ring (bicyclic) bond motifs is 1. The molecule has 0 fully saturated rings. The molecule has 0 aliphatic heterocycles. The molecule has 1 heterocycles. The van der Waals surface area contributed by atoms with Crippen molar-refractivity contribution in [1.29, 1.82) is 0 Å². The molecule has 3 aromatic rings. The Balaban J connectivity index is 2.14. The van der Waals surface area contributed by atoms with E-state index in [9.17, 15) is 4.79 Å². The third kappa shape index (κ3) is 3.43. The number of hydrogen-bond donors (Lipinski definition) is 0. The molecule has 0 aliphatic carbocycles. The number of rotatable bonds is 4. The predicted molar refractivity (Wildman–Crippen MR) is 108 cm³/mol. The Morgan fingerprint density at radius 3 is 2.19 bits per heavy atom. The molecule has 0 atom stereocenters. The van der Waals surface area contributed by atoms with Crippen molar-refractivity contribution in [2.45, 2.75) is 33.6 Å². The average molecular weight is 347 g/mol. The van der Waals surface area contributed by atoms with Crippen LogP contribution in [0.4, 0.5) is 0 Å². The fourth-order valence-electron chi connectivity index (χ4n) is 3.22. The van der Waals surface area contributed by atoms with Crippen LogP contribution in [-0.4, -0.2) is 17.6 Å². The van der Waals surface area contributed by atoms with Gasteiger partial charge >= 0.3 is 0 Å². The molecule has 0 radical (unpaired) electrons. The van der Waals surface area contributed by atoms with E-state index in [1.165, 1.54) is 5.57 Å². The highest BCUT2D eigenvalue weighted by molar-refractivity contribution is 6.01. The number of nitrogens with zero attached hydrogens (tertiary/aromatic N) is 1. The number of benzene rings is 2. The standard InChI is InChI=1S/C23H25NO2/c1-15(2)10-19-11-22(26-5)21(12-20(19)16(3)4)23(25)24-13-17-8-6-7-9-18(17)14-24/h6-14,16H,1-5H3. The monoisotopic (exact) mass is 347 g/mol. The molecule has 134 valence electrons. The lowest BCUT2D eigenvalue weighted by atomic mass is 9.93. The first-order chi connectivity index (χ1) is 12.4. The first-order valence-electron chi connectivity index (χ1n) is 8.89. The molecular formula is C23H25NO2. The van der Waals surface area contributed by atoms with Gasteiger partial charge in [0.1, 0.15) is 5.75 Å². The largest absolute Gasteiger partial charge is 0.496 e. The molecule has 2 aromatic carbocycles. The molecule has 0 N–H and O–H groups in total. The topological polar surface area (TPSA) is 31.2 Å². The first-order valence-corrected chi connectivity index (χ1v) is 8.89. The summed E-state index contributed by atoms with van der Waals surface area (Å²) in [5.74, 6) is 0.829. The summed E-state index contributed by atoms with van der Waals surface area (Å²) in [6, 6.07) is 11.9. The van der Waals surface area contributed by atoms with E-state index < -0.39 is 0 Å². The second kappa shape index (κ2) is 7.20. The van der Waals surface area contributed by atoms with Gasteiger partial charge in [-0.2, -0.15) is 0 Å². The Morgan fingerprint density at radius 2 is 1.69 bits per heavy atom. The highest BCUT2D eigenvalue weighted by Crippen LogP contribution is 2.31. The predicted octanol–water partition coefficient (Wildman–Crippen LogP) is 5.89. The molecule has 0 bridgehead atoms. The molecule has 0 amide bonds. The molecule has 0 unspecified atom stereocenters. The summed E-state index contributed by atoms with van der Waals surface area (Å²) in [4.78, 5) is 13.2. The van der Waals surface area contributed by atoms with E-state index in [1.807, 2.05) is 48.8 Å². The van der Waals surface area contributed by atoms with Crippen LogP contribution < -0.4 is 4.74 Å². The van der Waals surface area contributed by atoms with Crippen LogP contribution in [-0.2, 0) is 0 Å². The maximum atomic E-state index is 13.2. The van der Waals surface area contributed by atoms with E-state index in [0.29, 0.717) is 17.2 Å². The summed E-state index contributed by atoms with van der Waals surface area (Å²) in [5.41, 5.74) is 4.05. The zero-order valence-corrected chi connectivity index (χ0v) is 16.0. The zero-order valence-electron chi connectivity index (χ0n) is 16.0. The second-order valence-corrected chi connectivity index (χ2v) is 7.16. The number of ether oxygens (including phenoxy) is 1. The molecule has 0 saturated heterocycles. The lowest BCUT2D eigenvalue weighted by molar-refractivity contribution is 0.0957. The summed E-state index contributed by atoms with van der Waals surface area (Å²) in [5, 5.41) is 2.09. The second-order valence-electron chi connectivity index (χ2n) is 7.16.